The third kappa shape index (κ3) is 4.22. The van der Waals surface area contributed by atoms with Crippen LogP contribution in [0, 0.1) is 0 Å². The van der Waals surface area contributed by atoms with Gasteiger partial charge < -0.3 is 9.47 Å². The number of benzene rings is 1. The molecule has 0 bridgehead atoms. The molecule has 0 N–H and O–H groups in total. The summed E-state index contributed by atoms with van der Waals surface area (Å²) in [7, 11) is 3.32. The highest BCUT2D eigenvalue weighted by Crippen LogP contribution is 2.31. The molecule has 0 atom stereocenters. The molecule has 114 valence electrons. The van der Waals surface area contributed by atoms with Crippen molar-refractivity contribution >= 4 is 0 Å². The van der Waals surface area contributed by atoms with E-state index in [-0.39, 0.29) is 0 Å². The standard InChI is InChI=1S/C16H19NO2.C2H6/c1-11(2)13-10-12(8-9-15(13)18-3)14-6-5-7-16(17-14)19-4;1-2/h5-11H,1-4H3;1-2H3. The molecule has 3 nitrogen and oxygen atoms in total. The van der Waals surface area contributed by atoms with E-state index in [1.165, 1.54) is 5.56 Å². The molecule has 0 radical (unpaired) electrons. The van der Waals surface area contributed by atoms with Crippen molar-refractivity contribution in [3.63, 3.8) is 0 Å². The lowest BCUT2D eigenvalue weighted by Gasteiger charge is -2.13. The van der Waals surface area contributed by atoms with Gasteiger partial charge in [0.15, 0.2) is 0 Å². The van der Waals surface area contributed by atoms with Gasteiger partial charge in [-0.2, -0.15) is 0 Å². The number of aromatic nitrogens is 1. The molecular weight excluding hydrogens is 262 g/mol. The van der Waals surface area contributed by atoms with Crippen LogP contribution in [0.3, 0.4) is 0 Å². The first-order valence-corrected chi connectivity index (χ1v) is 7.35. The van der Waals surface area contributed by atoms with Crippen molar-refractivity contribution in [2.24, 2.45) is 0 Å². The second-order valence-electron chi connectivity index (χ2n) is 4.68. The molecule has 3 heteroatoms. The van der Waals surface area contributed by atoms with Crippen LogP contribution in [0.25, 0.3) is 11.3 Å². The molecule has 2 rings (SSSR count). The molecule has 0 unspecified atom stereocenters. The van der Waals surface area contributed by atoms with Crippen molar-refractivity contribution in [3.8, 4) is 22.9 Å². The molecule has 0 aliphatic carbocycles. The average molecular weight is 287 g/mol. The Morgan fingerprint density at radius 2 is 1.67 bits per heavy atom. The maximum absolute atomic E-state index is 5.40. The van der Waals surface area contributed by atoms with Crippen LogP contribution in [-0.4, -0.2) is 19.2 Å². The number of rotatable bonds is 4. The van der Waals surface area contributed by atoms with Gasteiger partial charge in [-0.25, -0.2) is 4.98 Å². The fourth-order valence-corrected chi connectivity index (χ4v) is 2.03. The summed E-state index contributed by atoms with van der Waals surface area (Å²) in [6.07, 6.45) is 0. The molecule has 0 spiro atoms. The Kier molecular flexibility index (Phi) is 6.73. The van der Waals surface area contributed by atoms with Crippen LogP contribution < -0.4 is 9.47 Å². The van der Waals surface area contributed by atoms with Gasteiger partial charge in [0.05, 0.1) is 19.9 Å². The monoisotopic (exact) mass is 287 g/mol. The van der Waals surface area contributed by atoms with Crippen molar-refractivity contribution in [3.05, 3.63) is 42.0 Å². The smallest absolute Gasteiger partial charge is 0.213 e. The largest absolute Gasteiger partial charge is 0.496 e. The average Bonchev–Trinajstić information content (AvgIpc) is 2.56. The Balaban J connectivity index is 0.00000106. The summed E-state index contributed by atoms with van der Waals surface area (Å²) < 4.78 is 10.6. The van der Waals surface area contributed by atoms with Gasteiger partial charge in [0.25, 0.3) is 0 Å². The maximum atomic E-state index is 5.40. The van der Waals surface area contributed by atoms with E-state index in [0.29, 0.717) is 11.8 Å². The zero-order valence-corrected chi connectivity index (χ0v) is 13.8. The van der Waals surface area contributed by atoms with Crippen LogP contribution in [0.2, 0.25) is 0 Å². The lowest BCUT2D eigenvalue weighted by molar-refractivity contribution is 0.398. The van der Waals surface area contributed by atoms with Crippen molar-refractivity contribution in [2.75, 3.05) is 14.2 Å². The quantitative estimate of drug-likeness (QED) is 0.800. The molecule has 0 saturated heterocycles. The fraction of sp³-hybridized carbons (Fsp3) is 0.389. The van der Waals surface area contributed by atoms with E-state index >= 15 is 0 Å². The Bertz CT molecular complexity index is 565. The number of pyridine rings is 1. The molecule has 1 heterocycles. The molecule has 0 aliphatic rings. The minimum Gasteiger partial charge on any atom is -0.496 e. The lowest BCUT2D eigenvalue weighted by Crippen LogP contribution is -1.96. The molecule has 1 aromatic carbocycles. The second-order valence-corrected chi connectivity index (χ2v) is 4.68. The maximum Gasteiger partial charge on any atom is 0.213 e. The third-order valence-electron chi connectivity index (χ3n) is 3.08. The van der Waals surface area contributed by atoms with Crippen molar-refractivity contribution in [1.29, 1.82) is 0 Å². The first-order valence-electron chi connectivity index (χ1n) is 7.35. The van der Waals surface area contributed by atoms with Crippen LogP contribution in [0.1, 0.15) is 39.2 Å². The molecule has 0 saturated carbocycles. The van der Waals surface area contributed by atoms with Gasteiger partial charge in [-0.15, -0.1) is 0 Å². The van der Waals surface area contributed by atoms with Crippen molar-refractivity contribution in [1.82, 2.24) is 4.98 Å². The summed E-state index contributed by atoms with van der Waals surface area (Å²) in [6, 6.07) is 11.9. The topological polar surface area (TPSA) is 31.4 Å². The number of hydrogen-bond acceptors (Lipinski definition) is 3. The minimum atomic E-state index is 0.403. The van der Waals surface area contributed by atoms with E-state index in [0.717, 1.165) is 17.0 Å². The minimum absolute atomic E-state index is 0.403. The van der Waals surface area contributed by atoms with Crippen molar-refractivity contribution in [2.45, 2.75) is 33.6 Å². The van der Waals surface area contributed by atoms with Crippen LogP contribution in [0.15, 0.2) is 36.4 Å². The van der Waals surface area contributed by atoms with E-state index in [1.807, 2.05) is 44.2 Å². The Hall–Kier alpha value is -2.03. The van der Waals surface area contributed by atoms with Gasteiger partial charge in [-0.05, 0) is 35.7 Å². The molecule has 1 aromatic heterocycles. The highest BCUT2D eigenvalue weighted by molar-refractivity contribution is 5.63. The molecule has 0 amide bonds. The van der Waals surface area contributed by atoms with E-state index in [1.54, 1.807) is 14.2 Å². The Labute approximate surface area is 127 Å². The summed E-state index contributed by atoms with van der Waals surface area (Å²) in [5.74, 6) is 1.95. The highest BCUT2D eigenvalue weighted by atomic mass is 16.5. The number of methoxy groups -OCH3 is 2. The van der Waals surface area contributed by atoms with Gasteiger partial charge in [0, 0.05) is 11.6 Å². The predicted molar refractivity (Wildman–Crippen MR) is 88.2 cm³/mol. The van der Waals surface area contributed by atoms with Gasteiger partial charge in [-0.3, -0.25) is 0 Å². The molecule has 0 fully saturated rings. The zero-order chi connectivity index (χ0) is 15.8. The number of nitrogens with zero attached hydrogens (tertiary/aromatic N) is 1. The van der Waals surface area contributed by atoms with Crippen LogP contribution in [-0.2, 0) is 0 Å². The molecule has 21 heavy (non-hydrogen) atoms. The van der Waals surface area contributed by atoms with Crippen LogP contribution >= 0.6 is 0 Å². The van der Waals surface area contributed by atoms with Crippen molar-refractivity contribution < 1.29 is 9.47 Å². The molecule has 2 aromatic rings. The summed E-state index contributed by atoms with van der Waals surface area (Å²) in [4.78, 5) is 4.45. The van der Waals surface area contributed by atoms with Gasteiger partial charge in [0.2, 0.25) is 5.88 Å². The van der Waals surface area contributed by atoms with Crippen LogP contribution in [0.5, 0.6) is 11.6 Å². The summed E-state index contributed by atoms with van der Waals surface area (Å²) in [5.41, 5.74) is 3.16. The van der Waals surface area contributed by atoms with Gasteiger partial charge in [0.1, 0.15) is 5.75 Å². The first-order chi connectivity index (χ1) is 10.2. The Morgan fingerprint density at radius 3 is 2.24 bits per heavy atom. The Morgan fingerprint density at radius 1 is 0.952 bits per heavy atom. The SMILES string of the molecule is CC.COc1cccc(-c2ccc(OC)c(C(C)C)c2)n1. The van der Waals surface area contributed by atoms with Crippen LogP contribution in [0.4, 0.5) is 0 Å². The normalized spacial score (nSPS) is 9.86. The van der Waals surface area contributed by atoms with E-state index in [9.17, 15) is 0 Å². The first kappa shape index (κ1) is 17.0. The summed E-state index contributed by atoms with van der Waals surface area (Å²) >= 11 is 0. The van der Waals surface area contributed by atoms with Gasteiger partial charge >= 0.3 is 0 Å². The van der Waals surface area contributed by atoms with E-state index < -0.39 is 0 Å². The van der Waals surface area contributed by atoms with Gasteiger partial charge in [-0.1, -0.05) is 33.8 Å². The zero-order valence-electron chi connectivity index (χ0n) is 13.8. The van der Waals surface area contributed by atoms with E-state index in [2.05, 4.69) is 24.9 Å². The van der Waals surface area contributed by atoms with E-state index in [4.69, 9.17) is 9.47 Å². The number of hydrogen-bond donors (Lipinski definition) is 0. The third-order valence-corrected chi connectivity index (χ3v) is 3.08. The molecular formula is C18H25NO2. The lowest BCUT2D eigenvalue weighted by atomic mass is 9.98. The highest BCUT2D eigenvalue weighted by Gasteiger charge is 2.10. The number of ether oxygens (including phenoxy) is 2. The second kappa shape index (κ2) is 8.30. The summed E-state index contributed by atoms with van der Waals surface area (Å²) in [6.45, 7) is 8.31. The predicted octanol–water partition coefficient (Wildman–Crippen LogP) is 4.92. The summed E-state index contributed by atoms with van der Waals surface area (Å²) in [5, 5.41) is 0. The fourth-order valence-electron chi connectivity index (χ4n) is 2.03. The molecule has 0 aliphatic heterocycles.